The molecule has 1 aliphatic carbocycles. The van der Waals surface area contributed by atoms with Crippen molar-refractivity contribution in [3.8, 4) is 6.07 Å². The summed E-state index contributed by atoms with van der Waals surface area (Å²) in [5, 5.41) is 8.64. The molecule has 4 nitrogen and oxygen atoms in total. The summed E-state index contributed by atoms with van der Waals surface area (Å²) in [5.41, 5.74) is 5.58. The summed E-state index contributed by atoms with van der Waals surface area (Å²) in [6.45, 7) is 3.84. The van der Waals surface area contributed by atoms with Gasteiger partial charge in [-0.2, -0.15) is 5.26 Å². The first-order valence-corrected chi connectivity index (χ1v) is 5.83. The van der Waals surface area contributed by atoms with Crippen LogP contribution in [0.3, 0.4) is 0 Å². The van der Waals surface area contributed by atoms with E-state index in [1.165, 1.54) is 0 Å². The van der Waals surface area contributed by atoms with Crippen LogP contribution in [0.4, 0.5) is 0 Å². The van der Waals surface area contributed by atoms with Crippen LogP contribution < -0.4 is 5.73 Å². The normalized spacial score (nSPS) is 30.8. The predicted molar refractivity (Wildman–Crippen MR) is 62.4 cm³/mol. The molecule has 0 spiro atoms. The molecule has 90 valence electrons. The largest absolute Gasteiger partial charge is 0.341 e. The van der Waals surface area contributed by atoms with Gasteiger partial charge >= 0.3 is 0 Å². The van der Waals surface area contributed by atoms with E-state index in [1.54, 1.807) is 11.9 Å². The Morgan fingerprint density at radius 3 is 2.81 bits per heavy atom. The number of nitrogens with two attached hydrogens (primary N) is 1. The Hall–Kier alpha value is -1.08. The molecule has 3 atom stereocenters. The summed E-state index contributed by atoms with van der Waals surface area (Å²) in [6, 6.07) is 2.01. The van der Waals surface area contributed by atoms with Gasteiger partial charge in [-0.3, -0.25) is 4.79 Å². The predicted octanol–water partition coefficient (Wildman–Crippen LogP) is 1.26. The lowest BCUT2D eigenvalue weighted by atomic mass is 9.83. The van der Waals surface area contributed by atoms with Crippen molar-refractivity contribution in [2.24, 2.45) is 11.1 Å². The van der Waals surface area contributed by atoms with Crippen LogP contribution in [0.25, 0.3) is 0 Å². The summed E-state index contributed by atoms with van der Waals surface area (Å²) in [4.78, 5) is 14.0. The second-order valence-corrected chi connectivity index (χ2v) is 5.04. The summed E-state index contributed by atoms with van der Waals surface area (Å²) < 4.78 is 0. The third kappa shape index (κ3) is 2.19. The van der Waals surface area contributed by atoms with Crippen LogP contribution in [0.1, 0.15) is 39.5 Å². The maximum absolute atomic E-state index is 12.3. The first-order chi connectivity index (χ1) is 7.43. The first-order valence-electron chi connectivity index (χ1n) is 5.83. The molecule has 4 heteroatoms. The van der Waals surface area contributed by atoms with E-state index in [-0.39, 0.29) is 18.0 Å². The van der Waals surface area contributed by atoms with Gasteiger partial charge in [0, 0.05) is 19.1 Å². The summed E-state index contributed by atoms with van der Waals surface area (Å²) >= 11 is 0. The highest BCUT2D eigenvalue weighted by Gasteiger charge is 2.44. The van der Waals surface area contributed by atoms with Crippen LogP contribution in [0, 0.1) is 16.7 Å². The molecule has 0 radical (unpaired) electrons. The fraction of sp³-hybridized carbons (Fsp3) is 0.833. The summed E-state index contributed by atoms with van der Waals surface area (Å²) in [5.74, 6) is 0.0836. The van der Waals surface area contributed by atoms with Crippen molar-refractivity contribution in [1.29, 1.82) is 5.26 Å². The topological polar surface area (TPSA) is 70.1 Å². The van der Waals surface area contributed by atoms with Gasteiger partial charge in [-0.25, -0.2) is 0 Å². The Labute approximate surface area is 97.4 Å². The zero-order valence-electron chi connectivity index (χ0n) is 10.4. The third-order valence-corrected chi connectivity index (χ3v) is 3.89. The number of nitriles is 1. The lowest BCUT2D eigenvalue weighted by Gasteiger charge is -2.34. The van der Waals surface area contributed by atoms with E-state index in [0.717, 1.165) is 19.3 Å². The van der Waals surface area contributed by atoms with E-state index in [0.29, 0.717) is 6.42 Å². The fourth-order valence-corrected chi connectivity index (χ4v) is 2.33. The standard InChI is InChI=1S/C12H21N3O/c1-9(6-8-13)15(3)11(16)12(2)7-4-5-10(12)14/h9-10H,4-7,14H2,1-3H3. The molecule has 1 fully saturated rings. The molecule has 1 aliphatic rings. The third-order valence-electron chi connectivity index (χ3n) is 3.89. The van der Waals surface area contributed by atoms with E-state index >= 15 is 0 Å². The van der Waals surface area contributed by atoms with Crippen molar-refractivity contribution in [2.75, 3.05) is 7.05 Å². The molecule has 3 unspecified atom stereocenters. The molecule has 0 aromatic carbocycles. The van der Waals surface area contributed by atoms with Crippen molar-refractivity contribution < 1.29 is 4.79 Å². The van der Waals surface area contributed by atoms with Gasteiger partial charge in [0.05, 0.1) is 17.9 Å². The Morgan fingerprint density at radius 2 is 2.38 bits per heavy atom. The smallest absolute Gasteiger partial charge is 0.230 e. The van der Waals surface area contributed by atoms with Gasteiger partial charge in [0.15, 0.2) is 0 Å². The van der Waals surface area contributed by atoms with Gasteiger partial charge in [-0.05, 0) is 26.7 Å². The lowest BCUT2D eigenvalue weighted by molar-refractivity contribution is -0.142. The van der Waals surface area contributed by atoms with Crippen LogP contribution in [0.5, 0.6) is 0 Å². The van der Waals surface area contributed by atoms with Crippen LogP contribution >= 0.6 is 0 Å². The minimum atomic E-state index is -0.432. The molecule has 1 amide bonds. The Kier molecular flexibility index (Phi) is 3.93. The highest BCUT2D eigenvalue weighted by Crippen LogP contribution is 2.38. The number of carbonyl (C=O) groups is 1. The highest BCUT2D eigenvalue weighted by molar-refractivity contribution is 5.83. The van der Waals surface area contributed by atoms with Gasteiger partial charge in [-0.1, -0.05) is 6.42 Å². The maximum atomic E-state index is 12.3. The summed E-state index contributed by atoms with van der Waals surface area (Å²) in [6.07, 6.45) is 3.16. The van der Waals surface area contributed by atoms with Crippen LogP contribution in [-0.2, 0) is 4.79 Å². The Bertz CT molecular complexity index is 310. The molecular formula is C12H21N3O. The molecule has 0 aliphatic heterocycles. The summed E-state index contributed by atoms with van der Waals surface area (Å²) in [7, 11) is 1.76. The number of nitrogens with zero attached hydrogens (tertiary/aromatic N) is 2. The number of hydrogen-bond donors (Lipinski definition) is 1. The molecule has 1 rings (SSSR count). The van der Waals surface area contributed by atoms with Crippen molar-refractivity contribution >= 4 is 5.91 Å². The van der Waals surface area contributed by atoms with Crippen molar-refractivity contribution in [1.82, 2.24) is 4.90 Å². The van der Waals surface area contributed by atoms with E-state index in [2.05, 4.69) is 6.07 Å². The Balaban J connectivity index is 2.74. The monoisotopic (exact) mass is 223 g/mol. The van der Waals surface area contributed by atoms with Gasteiger partial charge in [-0.15, -0.1) is 0 Å². The molecule has 2 N–H and O–H groups in total. The number of carbonyl (C=O) groups excluding carboxylic acids is 1. The molecule has 16 heavy (non-hydrogen) atoms. The quantitative estimate of drug-likeness (QED) is 0.783. The minimum absolute atomic E-state index is 0.0397. The lowest BCUT2D eigenvalue weighted by Crippen LogP contribution is -2.50. The van der Waals surface area contributed by atoms with Crippen LogP contribution in [-0.4, -0.2) is 29.9 Å². The SMILES string of the molecule is CC(CC#N)N(C)C(=O)C1(C)CCCC1N. The average molecular weight is 223 g/mol. The van der Waals surface area contributed by atoms with Gasteiger partial charge in [0.1, 0.15) is 0 Å². The second-order valence-electron chi connectivity index (χ2n) is 5.04. The molecule has 0 aromatic heterocycles. The highest BCUT2D eigenvalue weighted by atomic mass is 16.2. The molecule has 0 saturated heterocycles. The van der Waals surface area contributed by atoms with Crippen molar-refractivity contribution in [3.05, 3.63) is 0 Å². The van der Waals surface area contributed by atoms with Gasteiger partial charge in [0.2, 0.25) is 5.91 Å². The maximum Gasteiger partial charge on any atom is 0.230 e. The first kappa shape index (κ1) is 13.0. The van der Waals surface area contributed by atoms with Gasteiger partial charge < -0.3 is 10.6 Å². The van der Waals surface area contributed by atoms with Crippen LogP contribution in [0.15, 0.2) is 0 Å². The Morgan fingerprint density at radius 1 is 1.75 bits per heavy atom. The van der Waals surface area contributed by atoms with E-state index in [4.69, 9.17) is 11.0 Å². The zero-order valence-corrected chi connectivity index (χ0v) is 10.4. The van der Waals surface area contributed by atoms with E-state index < -0.39 is 5.41 Å². The molecular weight excluding hydrogens is 202 g/mol. The molecule has 0 bridgehead atoms. The number of hydrogen-bond acceptors (Lipinski definition) is 3. The van der Waals surface area contributed by atoms with Crippen molar-refractivity contribution in [3.63, 3.8) is 0 Å². The number of amides is 1. The number of rotatable bonds is 3. The van der Waals surface area contributed by atoms with Crippen molar-refractivity contribution in [2.45, 2.75) is 51.6 Å². The zero-order chi connectivity index (χ0) is 12.3. The molecule has 0 heterocycles. The van der Waals surface area contributed by atoms with Gasteiger partial charge in [0.25, 0.3) is 0 Å². The molecule has 0 aromatic rings. The van der Waals surface area contributed by atoms with E-state index in [9.17, 15) is 4.79 Å². The van der Waals surface area contributed by atoms with E-state index in [1.807, 2.05) is 13.8 Å². The minimum Gasteiger partial charge on any atom is -0.341 e. The average Bonchev–Trinajstić information content (AvgIpc) is 2.59. The second kappa shape index (κ2) is 4.84. The van der Waals surface area contributed by atoms with Crippen LogP contribution in [0.2, 0.25) is 0 Å². The fourth-order valence-electron chi connectivity index (χ4n) is 2.33. The molecule has 1 saturated carbocycles.